The number of halogens is 3. The predicted molar refractivity (Wildman–Crippen MR) is 99.9 cm³/mol. The lowest BCUT2D eigenvalue weighted by molar-refractivity contribution is 0.0473. The summed E-state index contributed by atoms with van der Waals surface area (Å²) >= 11 is 0. The largest absolute Gasteiger partial charge is 0.433 e. The van der Waals surface area contributed by atoms with Crippen LogP contribution in [-0.4, -0.2) is 12.8 Å². The zero-order valence-electron chi connectivity index (χ0n) is 15.0. The van der Waals surface area contributed by atoms with E-state index in [9.17, 15) is 18.0 Å². The third kappa shape index (κ3) is 6.33. The summed E-state index contributed by atoms with van der Waals surface area (Å²) in [4.78, 5) is 11.5. The van der Waals surface area contributed by atoms with Gasteiger partial charge in [0.15, 0.2) is 5.60 Å². The number of carbonyl (C=O) groups is 1. The number of allylic oxidation sites excluding steroid dienone is 2. The number of benzene rings is 2. The van der Waals surface area contributed by atoms with Gasteiger partial charge in [-0.1, -0.05) is 42.5 Å². The summed E-state index contributed by atoms with van der Waals surface area (Å²) in [6.45, 7) is 4.51. The van der Waals surface area contributed by atoms with Gasteiger partial charge in [0.05, 0.1) is 0 Å². The van der Waals surface area contributed by atoms with Gasteiger partial charge in [0.25, 0.3) is 0 Å². The first-order valence-corrected chi connectivity index (χ1v) is 8.18. The zero-order chi connectivity index (χ0) is 20.3. The quantitative estimate of drug-likeness (QED) is 0.684. The van der Waals surface area contributed by atoms with E-state index in [0.29, 0.717) is 11.1 Å². The maximum Gasteiger partial charge on any atom is 0.405 e. The second kappa shape index (κ2) is 10.9. The van der Waals surface area contributed by atoms with Gasteiger partial charge in [-0.3, -0.25) is 0 Å². The molecule has 0 saturated heterocycles. The van der Waals surface area contributed by atoms with Crippen molar-refractivity contribution in [3.8, 4) is 0 Å². The van der Waals surface area contributed by atoms with Crippen molar-refractivity contribution in [2.45, 2.75) is 18.9 Å². The highest BCUT2D eigenvalue weighted by Crippen LogP contribution is 2.38. The fourth-order valence-electron chi connectivity index (χ4n) is 2.46. The second-order valence-electron chi connectivity index (χ2n) is 5.48. The minimum Gasteiger partial charge on any atom is -0.433 e. The fraction of sp³-hybridized carbons (Fsp3) is 0.190. The number of rotatable bonds is 6. The summed E-state index contributed by atoms with van der Waals surface area (Å²) in [7, 11) is 0. The first-order valence-electron chi connectivity index (χ1n) is 8.18. The van der Waals surface area contributed by atoms with Gasteiger partial charge in [-0.15, -0.1) is 6.58 Å². The lowest BCUT2D eigenvalue weighted by Gasteiger charge is -2.33. The number of hydrogen-bond acceptors (Lipinski definition) is 2. The molecule has 6 heteroatoms. The molecule has 0 heterocycles. The molecule has 2 N–H and O–H groups in total. The summed E-state index contributed by atoms with van der Waals surface area (Å²) in [6.07, 6.45) is 4.12. The molecule has 0 aromatic heterocycles. The maximum absolute atomic E-state index is 13.2. The van der Waals surface area contributed by atoms with Crippen LogP contribution >= 0.6 is 0 Å². The second-order valence-corrected chi connectivity index (χ2v) is 5.48. The van der Waals surface area contributed by atoms with Crippen LogP contribution in [0.4, 0.5) is 18.0 Å². The minimum atomic E-state index is -1.25. The SMILES string of the molecule is C/C=C\CC(OC(N)=O)(c1ccc(F)cc1)c1ccc(F)cc1.C=CCF. The highest BCUT2D eigenvalue weighted by atomic mass is 19.1. The minimum absolute atomic E-state index is 0.281. The Morgan fingerprint density at radius 2 is 1.48 bits per heavy atom. The number of amides is 1. The molecule has 2 aromatic rings. The maximum atomic E-state index is 13.2. The zero-order valence-corrected chi connectivity index (χ0v) is 15.0. The number of nitrogens with two attached hydrogens (primary N) is 1. The monoisotopic (exact) mass is 377 g/mol. The summed E-state index contributed by atoms with van der Waals surface area (Å²) in [5.74, 6) is -0.821. The highest BCUT2D eigenvalue weighted by molar-refractivity contribution is 5.66. The van der Waals surface area contributed by atoms with E-state index in [4.69, 9.17) is 10.5 Å². The predicted octanol–water partition coefficient (Wildman–Crippen LogP) is 5.41. The van der Waals surface area contributed by atoms with Crippen molar-refractivity contribution in [1.29, 1.82) is 0 Å². The topological polar surface area (TPSA) is 52.3 Å². The highest BCUT2D eigenvalue weighted by Gasteiger charge is 2.37. The normalized spacial score (nSPS) is 10.8. The average molecular weight is 377 g/mol. The molecule has 0 aliphatic carbocycles. The van der Waals surface area contributed by atoms with E-state index >= 15 is 0 Å². The van der Waals surface area contributed by atoms with Gasteiger partial charge in [0.1, 0.15) is 18.3 Å². The molecule has 0 unspecified atom stereocenters. The molecular weight excluding hydrogens is 355 g/mol. The standard InChI is InChI=1S/C18H17F2NO2.C3H5F/c1-2-3-12-18(23-17(21)22,13-4-8-15(19)9-5-13)14-6-10-16(20)11-7-14;1-2-3-4/h2-11H,12H2,1H3,(H2,21,22);2H,1,3H2/b3-2-;. The number of alkyl halides is 1. The van der Waals surface area contributed by atoms with E-state index in [2.05, 4.69) is 6.58 Å². The van der Waals surface area contributed by atoms with Crippen LogP contribution in [0.5, 0.6) is 0 Å². The molecule has 0 aliphatic heterocycles. The Labute approximate surface area is 157 Å². The Hall–Kier alpha value is -3.02. The molecule has 2 aromatic carbocycles. The average Bonchev–Trinajstić information content (AvgIpc) is 2.66. The van der Waals surface area contributed by atoms with Gasteiger partial charge in [-0.25, -0.2) is 18.0 Å². The Balaban J connectivity index is 0.000000828. The summed E-state index contributed by atoms with van der Waals surface area (Å²) < 4.78 is 42.5. The number of ether oxygens (including phenoxy) is 1. The fourth-order valence-corrected chi connectivity index (χ4v) is 2.46. The van der Waals surface area contributed by atoms with Crippen molar-refractivity contribution in [2.75, 3.05) is 6.67 Å². The summed E-state index contributed by atoms with van der Waals surface area (Å²) in [5, 5.41) is 0. The first-order chi connectivity index (χ1) is 12.9. The van der Waals surface area contributed by atoms with Gasteiger partial charge in [0, 0.05) is 17.5 Å². The first kappa shape index (κ1) is 22.0. The van der Waals surface area contributed by atoms with Gasteiger partial charge in [0.2, 0.25) is 0 Å². The lowest BCUT2D eigenvalue weighted by atomic mass is 9.83. The van der Waals surface area contributed by atoms with Crippen molar-refractivity contribution in [3.05, 3.63) is 96.1 Å². The Morgan fingerprint density at radius 1 is 1.07 bits per heavy atom. The third-order valence-electron chi connectivity index (χ3n) is 3.65. The van der Waals surface area contributed by atoms with Gasteiger partial charge >= 0.3 is 6.09 Å². The molecule has 0 bridgehead atoms. The number of primary amides is 1. The Bertz CT molecular complexity index is 711. The van der Waals surface area contributed by atoms with Crippen molar-refractivity contribution >= 4 is 6.09 Å². The van der Waals surface area contributed by atoms with Crippen molar-refractivity contribution < 1.29 is 22.7 Å². The third-order valence-corrected chi connectivity index (χ3v) is 3.65. The molecular formula is C21H22F3NO2. The van der Waals surface area contributed by atoms with E-state index < -0.39 is 30.0 Å². The molecule has 0 fully saturated rings. The van der Waals surface area contributed by atoms with E-state index in [-0.39, 0.29) is 6.42 Å². The van der Waals surface area contributed by atoms with E-state index in [1.165, 1.54) is 54.6 Å². The molecule has 0 spiro atoms. The molecule has 2 rings (SSSR count). The van der Waals surface area contributed by atoms with Crippen LogP contribution in [0.1, 0.15) is 24.5 Å². The van der Waals surface area contributed by atoms with Crippen LogP contribution in [0.3, 0.4) is 0 Å². The Kier molecular flexibility index (Phi) is 8.85. The van der Waals surface area contributed by atoms with Crippen LogP contribution < -0.4 is 5.73 Å². The van der Waals surface area contributed by atoms with Gasteiger partial charge in [-0.2, -0.15) is 0 Å². The van der Waals surface area contributed by atoms with Crippen LogP contribution in [0.2, 0.25) is 0 Å². The van der Waals surface area contributed by atoms with Crippen LogP contribution in [0.25, 0.3) is 0 Å². The number of carbonyl (C=O) groups excluding carboxylic acids is 1. The van der Waals surface area contributed by atoms with Crippen LogP contribution in [0.15, 0.2) is 73.3 Å². The molecule has 0 atom stereocenters. The molecule has 27 heavy (non-hydrogen) atoms. The van der Waals surface area contributed by atoms with E-state index in [1.807, 2.05) is 6.92 Å². The van der Waals surface area contributed by atoms with Crippen LogP contribution in [0, 0.1) is 11.6 Å². The Morgan fingerprint density at radius 3 is 1.78 bits per heavy atom. The molecule has 0 saturated carbocycles. The number of hydrogen-bond donors (Lipinski definition) is 1. The van der Waals surface area contributed by atoms with E-state index in [0.717, 1.165) is 0 Å². The molecule has 1 amide bonds. The molecule has 0 aliphatic rings. The van der Waals surface area contributed by atoms with Crippen molar-refractivity contribution in [2.24, 2.45) is 5.73 Å². The molecule has 3 nitrogen and oxygen atoms in total. The molecule has 0 radical (unpaired) electrons. The molecule has 144 valence electrons. The van der Waals surface area contributed by atoms with Crippen LogP contribution in [-0.2, 0) is 10.3 Å². The van der Waals surface area contributed by atoms with Gasteiger partial charge in [-0.05, 0) is 31.2 Å². The van der Waals surface area contributed by atoms with Gasteiger partial charge < -0.3 is 10.5 Å². The smallest absolute Gasteiger partial charge is 0.405 e. The van der Waals surface area contributed by atoms with Crippen molar-refractivity contribution in [1.82, 2.24) is 0 Å². The van der Waals surface area contributed by atoms with E-state index in [1.54, 1.807) is 12.2 Å². The summed E-state index contributed by atoms with van der Waals surface area (Å²) in [5.41, 5.74) is 5.09. The lowest BCUT2D eigenvalue weighted by Crippen LogP contribution is -2.35. The van der Waals surface area contributed by atoms with Crippen molar-refractivity contribution in [3.63, 3.8) is 0 Å². The summed E-state index contributed by atoms with van der Waals surface area (Å²) in [6, 6.07) is 11.2.